The number of hydrogen-bond acceptors (Lipinski definition) is 4. The van der Waals surface area contributed by atoms with Crippen LogP contribution >= 0.6 is 11.6 Å². The Morgan fingerprint density at radius 3 is 2.47 bits per heavy atom. The highest BCUT2D eigenvalue weighted by molar-refractivity contribution is 6.31. The van der Waals surface area contributed by atoms with Gasteiger partial charge >= 0.3 is 0 Å². The first-order valence-electron chi connectivity index (χ1n) is 6.50. The molecule has 0 aliphatic carbocycles. The zero-order chi connectivity index (χ0) is 13.2. The van der Waals surface area contributed by atoms with Crippen LogP contribution in [0.1, 0.15) is 12.8 Å². The van der Waals surface area contributed by atoms with Gasteiger partial charge in [0.05, 0.1) is 11.0 Å². The molecule has 2 aromatic rings. The third-order valence-electron chi connectivity index (χ3n) is 3.44. The van der Waals surface area contributed by atoms with Crippen molar-refractivity contribution in [2.75, 3.05) is 20.1 Å². The number of ether oxygens (including phenoxy) is 1. The fourth-order valence-electron chi connectivity index (χ4n) is 2.30. The molecule has 2 heterocycles. The van der Waals surface area contributed by atoms with Crippen molar-refractivity contribution in [1.82, 2.24) is 14.9 Å². The molecule has 0 N–H and O–H groups in total. The lowest BCUT2D eigenvalue weighted by Crippen LogP contribution is -2.35. The van der Waals surface area contributed by atoms with Gasteiger partial charge in [0.1, 0.15) is 6.10 Å². The van der Waals surface area contributed by atoms with Gasteiger partial charge in [-0.3, -0.25) is 0 Å². The Labute approximate surface area is 117 Å². The number of nitrogens with zero attached hydrogens (tertiary/aromatic N) is 3. The number of fused-ring (bicyclic) bond motifs is 1. The number of hydrogen-bond donors (Lipinski definition) is 0. The van der Waals surface area contributed by atoms with E-state index in [-0.39, 0.29) is 6.10 Å². The van der Waals surface area contributed by atoms with Crippen LogP contribution in [-0.2, 0) is 0 Å². The van der Waals surface area contributed by atoms with E-state index < -0.39 is 0 Å². The molecule has 1 fully saturated rings. The number of aromatic nitrogens is 2. The van der Waals surface area contributed by atoms with Crippen LogP contribution < -0.4 is 4.74 Å². The molecule has 5 heteroatoms. The van der Waals surface area contributed by atoms with Crippen LogP contribution in [0.3, 0.4) is 0 Å². The van der Waals surface area contributed by atoms with Gasteiger partial charge in [-0.25, -0.2) is 9.97 Å². The third kappa shape index (κ3) is 2.80. The number of piperidine rings is 1. The Balaban J connectivity index is 1.82. The molecule has 1 saturated heterocycles. The number of benzene rings is 1. The van der Waals surface area contributed by atoms with Crippen molar-refractivity contribution in [3.63, 3.8) is 0 Å². The molecule has 0 saturated carbocycles. The van der Waals surface area contributed by atoms with Gasteiger partial charge in [0.2, 0.25) is 0 Å². The lowest BCUT2D eigenvalue weighted by molar-refractivity contribution is 0.110. The lowest BCUT2D eigenvalue weighted by atomic mass is 10.1. The highest BCUT2D eigenvalue weighted by Crippen LogP contribution is 2.25. The van der Waals surface area contributed by atoms with E-state index >= 15 is 0 Å². The standard InChI is InChI=1S/C14H16ClN3O/c1-18-8-6-10(7-9-18)19-14-13(15)16-11-4-2-3-5-12(11)17-14/h2-5,10H,6-9H2,1H3. The molecule has 0 atom stereocenters. The van der Waals surface area contributed by atoms with Crippen LogP contribution in [0.4, 0.5) is 0 Å². The molecular formula is C14H16ClN3O. The Hall–Kier alpha value is -1.39. The zero-order valence-electron chi connectivity index (χ0n) is 10.8. The van der Waals surface area contributed by atoms with E-state index in [4.69, 9.17) is 16.3 Å². The Kier molecular flexibility index (Phi) is 3.53. The van der Waals surface area contributed by atoms with Crippen molar-refractivity contribution in [3.05, 3.63) is 29.4 Å². The van der Waals surface area contributed by atoms with Crippen LogP contribution in [-0.4, -0.2) is 41.1 Å². The van der Waals surface area contributed by atoms with Gasteiger partial charge in [0.25, 0.3) is 5.88 Å². The number of rotatable bonds is 2. The fraction of sp³-hybridized carbons (Fsp3) is 0.429. The molecule has 1 aromatic heterocycles. The summed E-state index contributed by atoms with van der Waals surface area (Å²) in [6, 6.07) is 7.67. The first-order valence-corrected chi connectivity index (χ1v) is 6.87. The van der Waals surface area contributed by atoms with Crippen LogP contribution in [0.5, 0.6) is 5.88 Å². The lowest BCUT2D eigenvalue weighted by Gasteiger charge is -2.29. The van der Waals surface area contributed by atoms with Crippen LogP contribution in [0.25, 0.3) is 11.0 Å². The van der Waals surface area contributed by atoms with Crippen LogP contribution in [0.15, 0.2) is 24.3 Å². The summed E-state index contributed by atoms with van der Waals surface area (Å²) < 4.78 is 5.91. The molecule has 0 amide bonds. The summed E-state index contributed by atoms with van der Waals surface area (Å²) >= 11 is 6.14. The van der Waals surface area contributed by atoms with E-state index in [1.807, 2.05) is 24.3 Å². The van der Waals surface area contributed by atoms with E-state index in [0.29, 0.717) is 11.0 Å². The summed E-state index contributed by atoms with van der Waals surface area (Å²) in [6.07, 6.45) is 2.19. The Bertz CT molecular complexity index is 582. The second-order valence-electron chi connectivity index (χ2n) is 4.93. The molecule has 19 heavy (non-hydrogen) atoms. The van der Waals surface area contributed by atoms with Gasteiger partial charge in [-0.1, -0.05) is 23.7 Å². The summed E-state index contributed by atoms with van der Waals surface area (Å²) in [4.78, 5) is 11.1. The molecule has 100 valence electrons. The minimum absolute atomic E-state index is 0.184. The summed E-state index contributed by atoms with van der Waals surface area (Å²) in [6.45, 7) is 2.09. The van der Waals surface area contributed by atoms with Crippen molar-refractivity contribution in [2.24, 2.45) is 0 Å². The van der Waals surface area contributed by atoms with Gasteiger partial charge in [-0.15, -0.1) is 0 Å². The van der Waals surface area contributed by atoms with Gasteiger partial charge < -0.3 is 9.64 Å². The van der Waals surface area contributed by atoms with Gasteiger partial charge in [0, 0.05) is 13.1 Å². The molecule has 0 unspecified atom stereocenters. The number of likely N-dealkylation sites (tertiary alicyclic amines) is 1. The molecule has 1 aliphatic heterocycles. The summed E-state index contributed by atoms with van der Waals surface area (Å²) in [7, 11) is 2.12. The highest BCUT2D eigenvalue weighted by Gasteiger charge is 2.20. The largest absolute Gasteiger partial charge is 0.472 e. The summed E-state index contributed by atoms with van der Waals surface area (Å²) in [5.41, 5.74) is 1.61. The van der Waals surface area contributed by atoms with Gasteiger partial charge in [0.15, 0.2) is 5.15 Å². The molecule has 0 bridgehead atoms. The highest BCUT2D eigenvalue weighted by atomic mass is 35.5. The average Bonchev–Trinajstić information content (AvgIpc) is 2.42. The quantitative estimate of drug-likeness (QED) is 0.846. The van der Waals surface area contributed by atoms with Crippen molar-refractivity contribution < 1.29 is 4.74 Å². The van der Waals surface area contributed by atoms with Crippen LogP contribution in [0.2, 0.25) is 5.15 Å². The molecular weight excluding hydrogens is 262 g/mol. The maximum Gasteiger partial charge on any atom is 0.253 e. The average molecular weight is 278 g/mol. The molecule has 1 aliphatic rings. The van der Waals surface area contributed by atoms with Crippen molar-refractivity contribution in [3.8, 4) is 5.88 Å². The first kappa shape index (κ1) is 12.6. The molecule has 1 aromatic carbocycles. The maximum absolute atomic E-state index is 6.14. The second kappa shape index (κ2) is 5.31. The second-order valence-corrected chi connectivity index (χ2v) is 5.29. The summed E-state index contributed by atoms with van der Waals surface area (Å²) in [5.74, 6) is 0.454. The van der Waals surface area contributed by atoms with Gasteiger partial charge in [-0.05, 0) is 32.0 Å². The number of para-hydroxylation sites is 2. The minimum Gasteiger partial charge on any atom is -0.472 e. The molecule has 4 nitrogen and oxygen atoms in total. The van der Waals surface area contributed by atoms with E-state index in [1.54, 1.807) is 0 Å². The molecule has 0 radical (unpaired) electrons. The normalized spacial score (nSPS) is 17.8. The predicted octanol–water partition coefficient (Wildman–Crippen LogP) is 2.76. The molecule has 3 rings (SSSR count). The monoisotopic (exact) mass is 277 g/mol. The van der Waals surface area contributed by atoms with Crippen LogP contribution in [0, 0.1) is 0 Å². The summed E-state index contributed by atoms with van der Waals surface area (Å²) in [5, 5.41) is 0.345. The molecule has 0 spiro atoms. The van der Waals surface area contributed by atoms with Crippen molar-refractivity contribution >= 4 is 22.6 Å². The van der Waals surface area contributed by atoms with E-state index in [2.05, 4.69) is 21.9 Å². The van der Waals surface area contributed by atoms with Crippen molar-refractivity contribution in [2.45, 2.75) is 18.9 Å². The number of halogens is 1. The maximum atomic E-state index is 6.14. The van der Waals surface area contributed by atoms with Gasteiger partial charge in [-0.2, -0.15) is 0 Å². The Morgan fingerprint density at radius 1 is 1.16 bits per heavy atom. The zero-order valence-corrected chi connectivity index (χ0v) is 11.6. The SMILES string of the molecule is CN1CCC(Oc2nc3ccccc3nc2Cl)CC1. The van der Waals surface area contributed by atoms with E-state index in [9.17, 15) is 0 Å². The first-order chi connectivity index (χ1) is 9.22. The van der Waals surface area contributed by atoms with Crippen molar-refractivity contribution in [1.29, 1.82) is 0 Å². The Morgan fingerprint density at radius 2 is 1.79 bits per heavy atom. The predicted molar refractivity (Wildman–Crippen MR) is 75.7 cm³/mol. The van der Waals surface area contributed by atoms with E-state index in [1.165, 1.54) is 0 Å². The topological polar surface area (TPSA) is 38.2 Å². The van der Waals surface area contributed by atoms with E-state index in [0.717, 1.165) is 37.0 Å². The minimum atomic E-state index is 0.184. The smallest absolute Gasteiger partial charge is 0.253 e. The third-order valence-corrected chi connectivity index (χ3v) is 3.69. The fourth-order valence-corrected chi connectivity index (χ4v) is 2.48.